The zero-order valence-corrected chi connectivity index (χ0v) is 16.1. The molecule has 2 aromatic carbocycles. The molecule has 5 heteroatoms. The van der Waals surface area contributed by atoms with Crippen LogP contribution in [-0.4, -0.2) is 49.2 Å². The van der Waals surface area contributed by atoms with Gasteiger partial charge in [0.15, 0.2) is 0 Å². The number of nitrogens with zero attached hydrogens (tertiary/aromatic N) is 2. The number of hydrogen-bond donors (Lipinski definition) is 1. The Labute approximate surface area is 161 Å². The van der Waals surface area contributed by atoms with Crippen molar-refractivity contribution in [1.82, 2.24) is 4.90 Å². The number of aryl methyl sites for hydroxylation is 2. The van der Waals surface area contributed by atoms with E-state index in [9.17, 15) is 0 Å². The van der Waals surface area contributed by atoms with Gasteiger partial charge in [0.1, 0.15) is 11.5 Å². The Morgan fingerprint density at radius 3 is 2.78 bits per heavy atom. The zero-order chi connectivity index (χ0) is 19.1. The minimum absolute atomic E-state index is 0.375. The molecule has 2 aromatic rings. The van der Waals surface area contributed by atoms with Crippen LogP contribution in [0.1, 0.15) is 24.0 Å². The van der Waals surface area contributed by atoms with E-state index in [1.54, 1.807) is 7.11 Å². The maximum absolute atomic E-state index is 8.95. The monoisotopic (exact) mass is 368 g/mol. The summed E-state index contributed by atoms with van der Waals surface area (Å²) in [5.41, 5.74) is 3.33. The third-order valence-electron chi connectivity index (χ3n) is 5.17. The van der Waals surface area contributed by atoms with Crippen LogP contribution in [0.5, 0.6) is 11.5 Å². The summed E-state index contributed by atoms with van der Waals surface area (Å²) in [7, 11) is 3.75. The molecule has 1 saturated heterocycles. The van der Waals surface area contributed by atoms with Crippen molar-refractivity contribution < 1.29 is 14.7 Å². The summed E-state index contributed by atoms with van der Waals surface area (Å²) < 4.78 is 11.4. The van der Waals surface area contributed by atoms with E-state index < -0.39 is 0 Å². The molecule has 1 fully saturated rings. The second-order valence-corrected chi connectivity index (χ2v) is 7.04. The fraction of sp³-hybridized carbons (Fsp3) is 0.409. The van der Waals surface area contributed by atoms with Gasteiger partial charge in [0.05, 0.1) is 19.4 Å². The van der Waals surface area contributed by atoms with Crippen molar-refractivity contribution >= 4 is 5.71 Å². The first-order chi connectivity index (χ1) is 13.2. The Kier molecular flexibility index (Phi) is 6.71. The molecule has 1 aliphatic heterocycles. The first-order valence-corrected chi connectivity index (χ1v) is 9.43. The van der Waals surface area contributed by atoms with E-state index >= 15 is 0 Å². The van der Waals surface area contributed by atoms with Gasteiger partial charge < -0.3 is 14.7 Å². The molecule has 1 N–H and O–H groups in total. The van der Waals surface area contributed by atoms with Gasteiger partial charge in [-0.05, 0) is 55.6 Å². The van der Waals surface area contributed by atoms with Crippen LogP contribution < -0.4 is 9.47 Å². The third-order valence-corrected chi connectivity index (χ3v) is 5.17. The molecule has 0 bridgehead atoms. The van der Waals surface area contributed by atoms with E-state index in [2.05, 4.69) is 41.4 Å². The molecular formula is C22H28N2O3. The van der Waals surface area contributed by atoms with Gasteiger partial charge in [0.2, 0.25) is 0 Å². The lowest BCUT2D eigenvalue weighted by Gasteiger charge is -2.19. The van der Waals surface area contributed by atoms with Crippen molar-refractivity contribution in [3.63, 3.8) is 0 Å². The van der Waals surface area contributed by atoms with Crippen molar-refractivity contribution in [1.29, 1.82) is 0 Å². The topological polar surface area (TPSA) is 54.3 Å². The van der Waals surface area contributed by atoms with Crippen molar-refractivity contribution in [3.8, 4) is 11.5 Å². The van der Waals surface area contributed by atoms with Crippen molar-refractivity contribution in [3.05, 3.63) is 59.7 Å². The van der Waals surface area contributed by atoms with Gasteiger partial charge in [0, 0.05) is 19.0 Å². The number of rotatable bonds is 8. The van der Waals surface area contributed by atoms with Crippen molar-refractivity contribution in [2.75, 3.05) is 27.3 Å². The van der Waals surface area contributed by atoms with Crippen LogP contribution in [0, 0.1) is 0 Å². The second-order valence-electron chi connectivity index (χ2n) is 7.04. The van der Waals surface area contributed by atoms with Crippen LogP contribution in [0.4, 0.5) is 0 Å². The van der Waals surface area contributed by atoms with Gasteiger partial charge in [-0.2, -0.15) is 0 Å². The van der Waals surface area contributed by atoms with Gasteiger partial charge in [-0.1, -0.05) is 35.5 Å². The van der Waals surface area contributed by atoms with E-state index in [0.29, 0.717) is 12.6 Å². The number of methoxy groups -OCH3 is 1. The summed E-state index contributed by atoms with van der Waals surface area (Å²) in [6.45, 7) is 1.39. The standard InChI is InChI=1S/C22H28N2O3/c1-24-16-19(23-25)15-20(24)12-13-27-22-9-4-3-7-18(22)11-10-17-6-5-8-21(14-17)26-2/h3-9,14,20,25H,10-13,15-16H2,1-2H3/b23-19+/t20-/m1/s1. The van der Waals surface area contributed by atoms with E-state index in [0.717, 1.165) is 49.4 Å². The molecule has 0 amide bonds. The highest BCUT2D eigenvalue weighted by Crippen LogP contribution is 2.23. The molecule has 144 valence electrons. The maximum Gasteiger partial charge on any atom is 0.122 e. The number of ether oxygens (including phenoxy) is 2. The molecule has 27 heavy (non-hydrogen) atoms. The zero-order valence-electron chi connectivity index (χ0n) is 16.1. The molecule has 0 saturated carbocycles. The quantitative estimate of drug-likeness (QED) is 0.569. The van der Waals surface area contributed by atoms with Crippen LogP contribution in [0.25, 0.3) is 0 Å². The highest BCUT2D eigenvalue weighted by atomic mass is 16.5. The van der Waals surface area contributed by atoms with Gasteiger partial charge in [-0.15, -0.1) is 0 Å². The summed E-state index contributed by atoms with van der Waals surface area (Å²) in [4.78, 5) is 2.22. The normalized spacial score (nSPS) is 18.7. The van der Waals surface area contributed by atoms with E-state index in [1.165, 1.54) is 11.1 Å². The number of oxime groups is 1. The Bertz CT molecular complexity index is 776. The molecule has 1 aliphatic rings. The predicted molar refractivity (Wildman–Crippen MR) is 107 cm³/mol. The lowest BCUT2D eigenvalue weighted by Crippen LogP contribution is -2.26. The fourth-order valence-corrected chi connectivity index (χ4v) is 3.57. The molecule has 5 nitrogen and oxygen atoms in total. The summed E-state index contributed by atoms with van der Waals surface area (Å²) in [6, 6.07) is 16.8. The first-order valence-electron chi connectivity index (χ1n) is 9.43. The largest absolute Gasteiger partial charge is 0.497 e. The molecular weight excluding hydrogens is 340 g/mol. The van der Waals surface area contributed by atoms with Gasteiger partial charge in [-0.25, -0.2) is 0 Å². The average molecular weight is 368 g/mol. The van der Waals surface area contributed by atoms with Crippen LogP contribution in [0.3, 0.4) is 0 Å². The highest BCUT2D eigenvalue weighted by molar-refractivity contribution is 5.88. The summed E-state index contributed by atoms with van der Waals surface area (Å²) >= 11 is 0. The molecule has 0 aliphatic carbocycles. The maximum atomic E-state index is 8.95. The molecule has 0 unspecified atom stereocenters. The number of benzene rings is 2. The summed E-state index contributed by atoms with van der Waals surface area (Å²) in [5, 5.41) is 12.3. The Hall–Kier alpha value is -2.53. The minimum Gasteiger partial charge on any atom is -0.497 e. The van der Waals surface area contributed by atoms with Crippen LogP contribution in [0.2, 0.25) is 0 Å². The second kappa shape index (κ2) is 9.42. The van der Waals surface area contributed by atoms with Crippen molar-refractivity contribution in [2.24, 2.45) is 5.16 Å². The number of para-hydroxylation sites is 1. The molecule has 0 radical (unpaired) electrons. The number of hydrogen-bond acceptors (Lipinski definition) is 5. The first kappa shape index (κ1) is 19.2. The van der Waals surface area contributed by atoms with Crippen LogP contribution >= 0.6 is 0 Å². The summed E-state index contributed by atoms with van der Waals surface area (Å²) in [5.74, 6) is 1.85. The molecule has 1 heterocycles. The lowest BCUT2D eigenvalue weighted by molar-refractivity contribution is 0.232. The smallest absolute Gasteiger partial charge is 0.122 e. The van der Waals surface area contributed by atoms with Crippen LogP contribution in [0.15, 0.2) is 53.7 Å². The molecule has 3 rings (SSSR count). The van der Waals surface area contributed by atoms with E-state index in [-0.39, 0.29) is 0 Å². The molecule has 1 atom stereocenters. The molecule has 0 spiro atoms. The van der Waals surface area contributed by atoms with Gasteiger partial charge >= 0.3 is 0 Å². The van der Waals surface area contributed by atoms with Gasteiger partial charge in [0.25, 0.3) is 0 Å². The Morgan fingerprint density at radius 2 is 2.00 bits per heavy atom. The minimum atomic E-state index is 0.375. The SMILES string of the molecule is COc1cccc(CCc2ccccc2OCC[C@@H]2C/C(=N\O)CN2C)c1. The van der Waals surface area contributed by atoms with Crippen LogP contribution in [-0.2, 0) is 12.8 Å². The van der Waals surface area contributed by atoms with Crippen molar-refractivity contribution in [2.45, 2.75) is 31.7 Å². The predicted octanol–water partition coefficient (Wildman–Crippen LogP) is 3.78. The third kappa shape index (κ3) is 5.23. The molecule has 0 aromatic heterocycles. The summed E-state index contributed by atoms with van der Waals surface area (Å²) in [6.07, 6.45) is 3.60. The Balaban J connectivity index is 1.54. The average Bonchev–Trinajstić information content (AvgIpc) is 3.07. The van der Waals surface area contributed by atoms with E-state index in [4.69, 9.17) is 14.7 Å². The van der Waals surface area contributed by atoms with E-state index in [1.807, 2.05) is 24.3 Å². The highest BCUT2D eigenvalue weighted by Gasteiger charge is 2.26. The lowest BCUT2D eigenvalue weighted by atomic mass is 10.0. The fourth-order valence-electron chi connectivity index (χ4n) is 3.57. The van der Waals surface area contributed by atoms with Gasteiger partial charge in [-0.3, -0.25) is 4.90 Å². The Morgan fingerprint density at radius 1 is 1.15 bits per heavy atom. The number of likely N-dealkylation sites (tertiary alicyclic amines) is 1.